The summed E-state index contributed by atoms with van der Waals surface area (Å²) in [6.45, 7) is 29.0. The van der Waals surface area contributed by atoms with Crippen LogP contribution in [0.2, 0.25) is 33.2 Å². The van der Waals surface area contributed by atoms with E-state index in [1.165, 1.54) is 0 Å². The number of carbonyl (C=O) groups is 2. The Hall–Kier alpha value is -7.65. The molecule has 0 aliphatic rings. The summed E-state index contributed by atoms with van der Waals surface area (Å²) in [6.07, 6.45) is 4.78. The SMILES string of the molecule is CC(C)[Si](C#Cc1[nH]c2ccccc2c1CCNC(=O)c1nccc2c1[nH]c1ccccc12)(C(C)C)C(C)C.CC(C)[Si](C#Cc1[nH]c2ccccc2c1CCNC(=O)c1nccc2c1[nH]c1ccccc12)(C(C)C)C(C)C. The summed E-state index contributed by atoms with van der Waals surface area (Å²) in [5.41, 5.74) is 21.9. The molecule has 10 rings (SSSR count). The number of aromatic amines is 4. The zero-order valence-electron chi connectivity index (χ0n) is 47.6. The van der Waals surface area contributed by atoms with Crippen molar-refractivity contribution in [1.29, 1.82) is 0 Å². The van der Waals surface area contributed by atoms with E-state index >= 15 is 0 Å². The summed E-state index contributed by atoms with van der Waals surface area (Å²) in [6, 6.07) is 36.7. The van der Waals surface area contributed by atoms with E-state index in [9.17, 15) is 9.59 Å². The minimum atomic E-state index is -1.88. The molecular weight excluding hydrogens is 993 g/mol. The van der Waals surface area contributed by atoms with Crippen LogP contribution in [0.1, 0.15) is 127 Å². The highest BCUT2D eigenvalue weighted by atomic mass is 28.3. The van der Waals surface area contributed by atoms with E-state index < -0.39 is 16.1 Å². The second-order valence-corrected chi connectivity index (χ2v) is 34.0. The number of para-hydroxylation sites is 4. The molecule has 0 saturated carbocycles. The van der Waals surface area contributed by atoms with Gasteiger partial charge in [-0.2, -0.15) is 0 Å². The summed E-state index contributed by atoms with van der Waals surface area (Å²) < 4.78 is 0. The molecule has 6 heterocycles. The number of fused-ring (bicyclic) bond motifs is 8. The molecule has 10 aromatic rings. The van der Waals surface area contributed by atoms with E-state index in [4.69, 9.17) is 0 Å². The third-order valence-electron chi connectivity index (χ3n) is 16.8. The molecule has 10 nitrogen and oxygen atoms in total. The molecule has 78 heavy (non-hydrogen) atoms. The monoisotopic (exact) mass is 1070 g/mol. The van der Waals surface area contributed by atoms with Crippen LogP contribution in [0.4, 0.5) is 0 Å². The van der Waals surface area contributed by atoms with Crippen LogP contribution in [0, 0.1) is 22.9 Å². The van der Waals surface area contributed by atoms with Gasteiger partial charge in [0.15, 0.2) is 11.4 Å². The summed E-state index contributed by atoms with van der Waals surface area (Å²) in [5.74, 6) is 6.89. The molecule has 0 saturated heterocycles. The van der Waals surface area contributed by atoms with Gasteiger partial charge >= 0.3 is 0 Å². The summed E-state index contributed by atoms with van der Waals surface area (Å²) in [4.78, 5) is 49.3. The molecule has 0 atom stereocenters. The maximum atomic E-state index is 13.3. The second kappa shape index (κ2) is 23.1. The number of rotatable bonds is 14. The van der Waals surface area contributed by atoms with Gasteiger partial charge in [0.2, 0.25) is 0 Å². The Labute approximate surface area is 461 Å². The fourth-order valence-electron chi connectivity index (χ4n) is 13.0. The van der Waals surface area contributed by atoms with Gasteiger partial charge < -0.3 is 30.6 Å². The maximum absolute atomic E-state index is 13.3. The Morgan fingerprint density at radius 2 is 0.731 bits per heavy atom. The van der Waals surface area contributed by atoms with Crippen molar-refractivity contribution >= 4 is 93.4 Å². The second-order valence-electron chi connectivity index (χ2n) is 22.9. The molecule has 0 radical (unpaired) electrons. The Morgan fingerprint density at radius 3 is 1.06 bits per heavy atom. The maximum Gasteiger partial charge on any atom is 0.272 e. The third-order valence-corrected chi connectivity index (χ3v) is 29.4. The highest BCUT2D eigenvalue weighted by molar-refractivity contribution is 6.91. The van der Waals surface area contributed by atoms with E-state index in [-0.39, 0.29) is 11.8 Å². The average Bonchev–Trinajstić information content (AvgIpc) is 4.20. The van der Waals surface area contributed by atoms with Crippen molar-refractivity contribution in [1.82, 2.24) is 40.5 Å². The minimum absolute atomic E-state index is 0.175. The largest absolute Gasteiger partial charge is 0.353 e. The van der Waals surface area contributed by atoms with Gasteiger partial charge in [0.1, 0.15) is 16.1 Å². The normalized spacial score (nSPS) is 12.1. The first-order valence-corrected chi connectivity index (χ1v) is 32.5. The van der Waals surface area contributed by atoms with Crippen molar-refractivity contribution in [3.63, 3.8) is 0 Å². The Kier molecular flexibility index (Phi) is 16.3. The number of hydrogen-bond donors (Lipinski definition) is 6. The molecule has 0 bridgehead atoms. The van der Waals surface area contributed by atoms with Crippen molar-refractivity contribution in [2.24, 2.45) is 0 Å². The summed E-state index contributed by atoms with van der Waals surface area (Å²) in [5, 5.41) is 12.8. The van der Waals surface area contributed by atoms with Gasteiger partial charge in [-0.3, -0.25) is 9.59 Å². The van der Waals surface area contributed by atoms with Crippen molar-refractivity contribution in [3.05, 3.63) is 155 Å². The molecule has 12 heteroatoms. The number of benzene rings is 4. The zero-order chi connectivity index (χ0) is 55.5. The van der Waals surface area contributed by atoms with Crippen LogP contribution in [0.15, 0.2) is 122 Å². The van der Waals surface area contributed by atoms with Crippen LogP contribution in [0.25, 0.3) is 65.4 Å². The molecule has 6 N–H and O–H groups in total. The molecule has 0 fully saturated rings. The van der Waals surface area contributed by atoms with Gasteiger partial charge in [0.05, 0.1) is 22.4 Å². The van der Waals surface area contributed by atoms with Crippen LogP contribution in [-0.2, 0) is 12.8 Å². The predicted octanol–water partition coefficient (Wildman–Crippen LogP) is 15.5. The molecule has 4 aromatic carbocycles. The minimum Gasteiger partial charge on any atom is -0.353 e. The highest BCUT2D eigenvalue weighted by Crippen LogP contribution is 2.42. The van der Waals surface area contributed by atoms with Crippen molar-refractivity contribution in [2.45, 2.75) is 129 Å². The smallest absolute Gasteiger partial charge is 0.272 e. The lowest BCUT2D eigenvalue weighted by Gasteiger charge is -2.38. The lowest BCUT2D eigenvalue weighted by Crippen LogP contribution is -2.43. The Morgan fingerprint density at radius 1 is 0.423 bits per heavy atom. The first kappa shape index (κ1) is 55.1. The van der Waals surface area contributed by atoms with Crippen molar-refractivity contribution in [3.8, 4) is 22.9 Å². The number of carbonyl (C=O) groups excluding carboxylic acids is 2. The van der Waals surface area contributed by atoms with Crippen LogP contribution in [0.3, 0.4) is 0 Å². The van der Waals surface area contributed by atoms with Crippen molar-refractivity contribution in [2.75, 3.05) is 13.1 Å². The van der Waals surface area contributed by atoms with Gasteiger partial charge in [-0.05, 0) is 93.6 Å². The number of pyridine rings is 2. The van der Waals surface area contributed by atoms with Gasteiger partial charge in [-0.15, -0.1) is 11.1 Å². The number of nitrogens with one attached hydrogen (secondary N) is 6. The molecule has 0 aliphatic carbocycles. The van der Waals surface area contributed by atoms with E-state index in [1.54, 1.807) is 12.4 Å². The fraction of sp³-hybridized carbons (Fsp3) is 0.333. The Balaban J connectivity index is 0.000000190. The summed E-state index contributed by atoms with van der Waals surface area (Å²) in [7, 11) is -3.76. The van der Waals surface area contributed by atoms with Crippen LogP contribution in [0.5, 0.6) is 0 Å². The van der Waals surface area contributed by atoms with Crippen molar-refractivity contribution < 1.29 is 9.59 Å². The third kappa shape index (κ3) is 10.4. The fourth-order valence-corrected chi connectivity index (χ4v) is 23.4. The summed E-state index contributed by atoms with van der Waals surface area (Å²) >= 11 is 0. The van der Waals surface area contributed by atoms with E-state index in [0.29, 0.717) is 70.6 Å². The van der Waals surface area contributed by atoms with E-state index in [1.807, 2.05) is 60.7 Å². The lowest BCUT2D eigenvalue weighted by atomic mass is 10.1. The van der Waals surface area contributed by atoms with Gasteiger partial charge in [-0.1, -0.05) is 168 Å². The number of nitrogens with zero attached hydrogens (tertiary/aromatic N) is 2. The molecule has 0 spiro atoms. The molecule has 6 aromatic heterocycles. The quantitative estimate of drug-likeness (QED) is 0.0475. The van der Waals surface area contributed by atoms with E-state index in [2.05, 4.69) is 195 Å². The van der Waals surface area contributed by atoms with Crippen LogP contribution < -0.4 is 10.6 Å². The zero-order valence-corrected chi connectivity index (χ0v) is 49.6. The topological polar surface area (TPSA) is 147 Å². The molecule has 0 unspecified atom stereocenters. The van der Waals surface area contributed by atoms with Crippen LogP contribution in [-0.4, -0.2) is 71.0 Å². The number of H-pyrrole nitrogens is 4. The first-order valence-electron chi connectivity index (χ1n) is 28.0. The average molecular weight is 1070 g/mol. The molecule has 2 amide bonds. The number of hydrogen-bond acceptors (Lipinski definition) is 4. The number of amides is 2. The Bertz CT molecular complexity index is 3640. The lowest BCUT2D eigenvalue weighted by molar-refractivity contribution is 0.0942. The molecular formula is C66H76N8O2Si2. The van der Waals surface area contributed by atoms with Gasteiger partial charge in [-0.25, -0.2) is 9.97 Å². The number of aromatic nitrogens is 6. The van der Waals surface area contributed by atoms with Gasteiger partial charge in [0, 0.05) is 79.9 Å². The standard InChI is InChI=1S/2C33H38N4OSi/c2*1-21(2)39(22(3)4,23(5)6)20-17-30-26(24-11-7-9-13-28(24)36-30)15-19-35-33(38)32-31-27(16-18-34-32)25-12-8-10-14-29(25)37-31/h2*7-14,16,18,21-23,36-37H,15,19H2,1-6H3,(H,35,38). The highest BCUT2D eigenvalue weighted by Gasteiger charge is 2.43. The molecule has 400 valence electrons. The van der Waals surface area contributed by atoms with Gasteiger partial charge in [0.25, 0.3) is 11.8 Å². The predicted molar refractivity (Wildman–Crippen MR) is 332 cm³/mol. The van der Waals surface area contributed by atoms with Crippen LogP contribution >= 0.6 is 0 Å². The van der Waals surface area contributed by atoms with E-state index in [0.717, 1.165) is 87.9 Å². The first-order chi connectivity index (χ1) is 37.5. The molecule has 0 aliphatic heterocycles.